The van der Waals surface area contributed by atoms with Gasteiger partial charge in [0.25, 0.3) is 0 Å². The molecular formula is C21H25N3O4. The molecule has 1 atom stereocenters. The molecule has 1 amide bonds. The Kier molecular flexibility index (Phi) is 5.63. The summed E-state index contributed by atoms with van der Waals surface area (Å²) in [7, 11) is 0. The van der Waals surface area contributed by atoms with Gasteiger partial charge in [0, 0.05) is 12.1 Å². The van der Waals surface area contributed by atoms with Crippen molar-refractivity contribution in [2.45, 2.75) is 51.7 Å². The van der Waals surface area contributed by atoms with E-state index in [1.807, 2.05) is 20.8 Å². The highest BCUT2D eigenvalue weighted by molar-refractivity contribution is 5.88. The molecule has 1 aliphatic heterocycles. The van der Waals surface area contributed by atoms with Crippen LogP contribution < -0.4 is 0 Å². The van der Waals surface area contributed by atoms with E-state index in [1.165, 1.54) is 0 Å². The summed E-state index contributed by atoms with van der Waals surface area (Å²) in [6.07, 6.45) is 5.72. The highest BCUT2D eigenvalue weighted by Crippen LogP contribution is 2.32. The van der Waals surface area contributed by atoms with E-state index in [1.54, 1.807) is 41.6 Å². The highest BCUT2D eigenvalue weighted by Gasteiger charge is 2.32. The number of hydrogen-bond donors (Lipinski definition) is 1. The summed E-state index contributed by atoms with van der Waals surface area (Å²) in [5.74, 6) is -0.971. The molecule has 0 aliphatic carbocycles. The lowest BCUT2D eigenvalue weighted by molar-refractivity contribution is 0.00896. The van der Waals surface area contributed by atoms with Gasteiger partial charge in [0.2, 0.25) is 0 Å². The third-order valence-corrected chi connectivity index (χ3v) is 4.55. The Morgan fingerprint density at radius 2 is 1.86 bits per heavy atom. The molecule has 1 aromatic carbocycles. The minimum Gasteiger partial charge on any atom is -0.478 e. The molecule has 1 aliphatic rings. The second-order valence-electron chi connectivity index (χ2n) is 7.90. The summed E-state index contributed by atoms with van der Waals surface area (Å²) in [4.78, 5) is 34.4. The van der Waals surface area contributed by atoms with Crippen LogP contribution in [0.25, 0.3) is 11.3 Å². The molecule has 0 saturated carbocycles. The van der Waals surface area contributed by atoms with Crippen molar-refractivity contribution in [3.8, 4) is 11.3 Å². The molecule has 0 radical (unpaired) electrons. The lowest BCUT2D eigenvalue weighted by Gasteiger charge is -2.36. The van der Waals surface area contributed by atoms with Crippen molar-refractivity contribution in [1.82, 2.24) is 14.9 Å². The van der Waals surface area contributed by atoms with Crippen LogP contribution in [-0.4, -0.2) is 44.2 Å². The van der Waals surface area contributed by atoms with Gasteiger partial charge in [0.1, 0.15) is 5.60 Å². The van der Waals surface area contributed by atoms with Gasteiger partial charge in [-0.1, -0.05) is 12.1 Å². The number of aromatic nitrogens is 2. The normalized spacial score (nSPS) is 17.2. The zero-order valence-corrected chi connectivity index (χ0v) is 16.4. The van der Waals surface area contributed by atoms with E-state index in [2.05, 4.69) is 4.98 Å². The maximum Gasteiger partial charge on any atom is 0.410 e. The fourth-order valence-corrected chi connectivity index (χ4v) is 3.24. The Balaban J connectivity index is 1.86. The molecule has 2 aromatic rings. The molecule has 0 bridgehead atoms. The topological polar surface area (TPSA) is 92.6 Å². The van der Waals surface area contributed by atoms with Crippen molar-refractivity contribution in [2.75, 3.05) is 6.54 Å². The molecular weight excluding hydrogens is 358 g/mol. The number of carbonyl (C=O) groups excluding carboxylic acids is 1. The van der Waals surface area contributed by atoms with Crippen molar-refractivity contribution in [2.24, 2.45) is 0 Å². The third kappa shape index (κ3) is 4.65. The van der Waals surface area contributed by atoms with Crippen molar-refractivity contribution in [3.63, 3.8) is 0 Å². The maximum atomic E-state index is 12.7. The number of ether oxygens (including phenoxy) is 1. The van der Waals surface area contributed by atoms with Gasteiger partial charge in [-0.3, -0.25) is 9.88 Å². The Morgan fingerprint density at radius 1 is 1.14 bits per heavy atom. The molecule has 28 heavy (non-hydrogen) atoms. The van der Waals surface area contributed by atoms with E-state index in [9.17, 15) is 9.59 Å². The van der Waals surface area contributed by atoms with Crippen molar-refractivity contribution >= 4 is 12.1 Å². The van der Waals surface area contributed by atoms with Crippen LogP contribution in [0.15, 0.2) is 36.7 Å². The molecule has 3 rings (SSSR count). The van der Waals surface area contributed by atoms with Crippen molar-refractivity contribution in [3.05, 3.63) is 47.9 Å². The molecule has 7 heteroatoms. The standard InChI is InChI=1S/C21H25N3O4/c1-21(2,3)28-20(27)24-11-5-4-6-18(24)17-13-22-12-16(23-17)14-7-9-15(10-8-14)19(25)26/h7-10,12-13,18H,4-6,11H2,1-3H3,(H,25,26). The van der Waals surface area contributed by atoms with Crippen molar-refractivity contribution in [1.29, 1.82) is 0 Å². The van der Waals surface area contributed by atoms with Crippen LogP contribution in [0.1, 0.15) is 62.1 Å². The molecule has 2 heterocycles. The summed E-state index contributed by atoms with van der Waals surface area (Å²) >= 11 is 0. The minimum atomic E-state index is -0.971. The number of hydrogen-bond acceptors (Lipinski definition) is 5. The Morgan fingerprint density at radius 3 is 2.50 bits per heavy atom. The van der Waals surface area contributed by atoms with Gasteiger partial charge in [-0.15, -0.1) is 0 Å². The molecule has 1 aromatic heterocycles. The first-order valence-corrected chi connectivity index (χ1v) is 9.40. The molecule has 1 fully saturated rings. The SMILES string of the molecule is CC(C)(C)OC(=O)N1CCCCC1c1cncc(-c2ccc(C(=O)O)cc2)n1. The average molecular weight is 383 g/mol. The molecule has 1 saturated heterocycles. The van der Waals surface area contributed by atoms with E-state index >= 15 is 0 Å². The maximum absolute atomic E-state index is 12.7. The number of carboxylic acid groups (broad SMARTS) is 1. The number of amides is 1. The van der Waals surface area contributed by atoms with Crippen LogP contribution in [0, 0.1) is 0 Å². The van der Waals surface area contributed by atoms with E-state index in [0.29, 0.717) is 17.9 Å². The minimum absolute atomic E-state index is 0.186. The predicted octanol–water partition coefficient (Wildman–Crippen LogP) is 4.30. The van der Waals surface area contributed by atoms with Crippen molar-refractivity contribution < 1.29 is 19.4 Å². The van der Waals surface area contributed by atoms with Gasteiger partial charge in [0.15, 0.2) is 0 Å². The first kappa shape index (κ1) is 19.8. The second kappa shape index (κ2) is 7.96. The van der Waals surface area contributed by atoms with Crippen LogP contribution in [-0.2, 0) is 4.74 Å². The van der Waals surface area contributed by atoms with Gasteiger partial charge in [-0.2, -0.15) is 0 Å². The molecule has 1 unspecified atom stereocenters. The number of rotatable bonds is 3. The number of benzene rings is 1. The number of carbonyl (C=O) groups is 2. The summed E-state index contributed by atoms with van der Waals surface area (Å²) < 4.78 is 5.56. The number of carboxylic acids is 1. The second-order valence-corrected chi connectivity index (χ2v) is 7.90. The lowest BCUT2D eigenvalue weighted by Crippen LogP contribution is -2.42. The quantitative estimate of drug-likeness (QED) is 0.849. The molecule has 7 nitrogen and oxygen atoms in total. The Hall–Kier alpha value is -2.96. The predicted molar refractivity (Wildman–Crippen MR) is 104 cm³/mol. The summed E-state index contributed by atoms with van der Waals surface area (Å²) in [6.45, 7) is 6.18. The monoisotopic (exact) mass is 383 g/mol. The first-order valence-electron chi connectivity index (χ1n) is 9.40. The van der Waals surface area contributed by atoms with Crippen LogP contribution in [0.3, 0.4) is 0 Å². The van der Waals surface area contributed by atoms with Gasteiger partial charge in [0.05, 0.1) is 35.4 Å². The van der Waals surface area contributed by atoms with Gasteiger partial charge >= 0.3 is 12.1 Å². The van der Waals surface area contributed by atoms with Gasteiger partial charge in [-0.05, 0) is 52.2 Å². The number of likely N-dealkylation sites (tertiary alicyclic amines) is 1. The zero-order valence-electron chi connectivity index (χ0n) is 16.4. The third-order valence-electron chi connectivity index (χ3n) is 4.55. The van der Waals surface area contributed by atoms with Crippen LogP contribution in [0.4, 0.5) is 4.79 Å². The Labute approximate surface area is 164 Å². The molecule has 1 N–H and O–H groups in total. The number of piperidine rings is 1. The van der Waals surface area contributed by atoms with E-state index in [4.69, 9.17) is 14.8 Å². The van der Waals surface area contributed by atoms with Gasteiger partial charge < -0.3 is 9.84 Å². The number of aromatic carboxylic acids is 1. The first-order chi connectivity index (χ1) is 13.2. The fourth-order valence-electron chi connectivity index (χ4n) is 3.24. The smallest absolute Gasteiger partial charge is 0.410 e. The highest BCUT2D eigenvalue weighted by atomic mass is 16.6. The van der Waals surface area contributed by atoms with E-state index in [-0.39, 0.29) is 17.7 Å². The van der Waals surface area contributed by atoms with Crippen LogP contribution in [0.2, 0.25) is 0 Å². The van der Waals surface area contributed by atoms with Gasteiger partial charge in [-0.25, -0.2) is 14.6 Å². The van der Waals surface area contributed by atoms with E-state index in [0.717, 1.165) is 24.8 Å². The molecule has 0 spiro atoms. The number of nitrogens with zero attached hydrogens (tertiary/aromatic N) is 3. The van der Waals surface area contributed by atoms with E-state index < -0.39 is 11.6 Å². The summed E-state index contributed by atoms with van der Waals surface area (Å²) in [6, 6.07) is 6.32. The molecule has 148 valence electrons. The van der Waals surface area contributed by atoms with Crippen LogP contribution in [0.5, 0.6) is 0 Å². The zero-order chi connectivity index (χ0) is 20.3. The summed E-state index contributed by atoms with van der Waals surface area (Å²) in [5, 5.41) is 9.04. The fraction of sp³-hybridized carbons (Fsp3) is 0.429. The van der Waals surface area contributed by atoms with Crippen LogP contribution >= 0.6 is 0 Å². The average Bonchev–Trinajstić information content (AvgIpc) is 2.67. The Bertz CT molecular complexity index is 859. The summed E-state index contributed by atoms with van der Waals surface area (Å²) in [5.41, 5.74) is 1.79. The lowest BCUT2D eigenvalue weighted by atomic mass is 9.99. The largest absolute Gasteiger partial charge is 0.478 e.